The van der Waals surface area contributed by atoms with Crippen molar-refractivity contribution in [1.29, 1.82) is 0 Å². The Morgan fingerprint density at radius 2 is 2.30 bits per heavy atom. The summed E-state index contributed by atoms with van der Waals surface area (Å²) in [6.07, 6.45) is 4.75. The zero-order valence-electron chi connectivity index (χ0n) is 15.2. The molecule has 27 heavy (non-hydrogen) atoms. The molecule has 5 atom stereocenters. The minimum atomic E-state index is -0.824. The van der Waals surface area contributed by atoms with Gasteiger partial charge in [-0.15, -0.1) is 6.58 Å². The van der Waals surface area contributed by atoms with E-state index in [1.807, 2.05) is 6.08 Å². The second-order valence-corrected chi connectivity index (χ2v) is 7.36. The number of nitro groups is 1. The lowest BCUT2D eigenvalue weighted by atomic mass is 9.73. The molecule has 1 N–H and O–H groups in total. The Balaban J connectivity index is 1.80. The molecule has 2 bridgehead atoms. The molecule has 3 saturated heterocycles. The predicted octanol–water partition coefficient (Wildman–Crippen LogP) is 3.08. The number of aliphatic hydroxyl groups is 1. The Hall–Kier alpha value is -2.51. The van der Waals surface area contributed by atoms with Gasteiger partial charge >= 0.3 is 5.69 Å². The van der Waals surface area contributed by atoms with Crippen LogP contribution >= 0.6 is 0 Å². The van der Waals surface area contributed by atoms with Crippen molar-refractivity contribution in [3.8, 4) is 5.75 Å². The van der Waals surface area contributed by atoms with Crippen LogP contribution in [0, 0.1) is 22.0 Å². The highest BCUT2D eigenvalue weighted by atomic mass is 16.6. The number of rotatable bonds is 5. The lowest BCUT2D eigenvalue weighted by Crippen LogP contribution is -2.54. The monoisotopic (exact) mass is 369 g/mol. The molecule has 5 rings (SSSR count). The highest BCUT2D eigenvalue weighted by Gasteiger charge is 2.42. The van der Waals surface area contributed by atoms with Gasteiger partial charge in [0.25, 0.3) is 0 Å². The first-order chi connectivity index (χ1) is 13.0. The number of piperidine rings is 3. The van der Waals surface area contributed by atoms with Crippen LogP contribution in [0.15, 0.2) is 37.1 Å². The molecule has 4 heterocycles. The number of hydrogen-bond acceptors (Lipinski definition) is 6. The van der Waals surface area contributed by atoms with E-state index in [1.54, 1.807) is 24.4 Å². The van der Waals surface area contributed by atoms with E-state index in [1.165, 1.54) is 7.11 Å². The molecule has 142 valence electrons. The third-order valence-corrected chi connectivity index (χ3v) is 6.11. The number of methoxy groups -OCH3 is 1. The van der Waals surface area contributed by atoms with Crippen LogP contribution in [-0.4, -0.2) is 46.2 Å². The molecule has 0 radical (unpaired) electrons. The first-order valence-electron chi connectivity index (χ1n) is 9.19. The molecule has 0 aliphatic carbocycles. The molecule has 7 heteroatoms. The summed E-state index contributed by atoms with van der Waals surface area (Å²) in [5.74, 6) is 1.13. The van der Waals surface area contributed by atoms with Gasteiger partial charge in [-0.25, -0.2) is 0 Å². The Labute approximate surface area is 157 Å². The maximum Gasteiger partial charge on any atom is 0.320 e. The second-order valence-electron chi connectivity index (χ2n) is 7.36. The van der Waals surface area contributed by atoms with E-state index in [0.717, 1.165) is 25.9 Å². The van der Waals surface area contributed by atoms with Crippen molar-refractivity contribution in [3.05, 3.63) is 52.7 Å². The van der Waals surface area contributed by atoms with Gasteiger partial charge in [-0.05, 0) is 49.4 Å². The van der Waals surface area contributed by atoms with Gasteiger partial charge < -0.3 is 9.84 Å². The van der Waals surface area contributed by atoms with E-state index in [2.05, 4.69) is 16.5 Å². The van der Waals surface area contributed by atoms with Gasteiger partial charge in [0, 0.05) is 24.3 Å². The zero-order chi connectivity index (χ0) is 19.1. The van der Waals surface area contributed by atoms with Crippen LogP contribution in [0.25, 0.3) is 10.9 Å². The number of benzene rings is 1. The quantitative estimate of drug-likeness (QED) is 0.495. The summed E-state index contributed by atoms with van der Waals surface area (Å²) in [6, 6.07) is 4.87. The molecule has 1 aromatic heterocycles. The average Bonchev–Trinajstić information content (AvgIpc) is 2.71. The smallest absolute Gasteiger partial charge is 0.320 e. The first kappa shape index (κ1) is 17.9. The Morgan fingerprint density at radius 1 is 1.48 bits per heavy atom. The molecular formula is C20H23N3O4. The molecular weight excluding hydrogens is 346 g/mol. The number of hydrogen-bond donors (Lipinski definition) is 1. The van der Waals surface area contributed by atoms with Crippen molar-refractivity contribution in [1.82, 2.24) is 9.88 Å². The van der Waals surface area contributed by atoms with E-state index >= 15 is 0 Å². The van der Waals surface area contributed by atoms with Gasteiger partial charge in [-0.1, -0.05) is 6.08 Å². The van der Waals surface area contributed by atoms with Crippen LogP contribution in [0.3, 0.4) is 0 Å². The van der Waals surface area contributed by atoms with E-state index in [0.29, 0.717) is 28.3 Å². The summed E-state index contributed by atoms with van der Waals surface area (Å²) in [6.45, 7) is 5.75. The molecule has 0 amide bonds. The molecule has 0 spiro atoms. The molecule has 1 unspecified atom stereocenters. The van der Waals surface area contributed by atoms with Crippen molar-refractivity contribution >= 4 is 16.6 Å². The maximum absolute atomic E-state index is 11.7. The molecule has 1 aromatic carbocycles. The maximum atomic E-state index is 11.7. The Bertz CT molecular complexity index is 900. The van der Waals surface area contributed by atoms with Gasteiger partial charge in [0.05, 0.1) is 29.0 Å². The van der Waals surface area contributed by atoms with E-state index in [-0.39, 0.29) is 17.5 Å². The predicted molar refractivity (Wildman–Crippen MR) is 102 cm³/mol. The van der Waals surface area contributed by atoms with Gasteiger partial charge in [-0.2, -0.15) is 0 Å². The van der Waals surface area contributed by atoms with Crippen LogP contribution in [0.2, 0.25) is 0 Å². The highest BCUT2D eigenvalue weighted by Crippen LogP contribution is 2.44. The van der Waals surface area contributed by atoms with Crippen LogP contribution in [0.5, 0.6) is 5.75 Å². The summed E-state index contributed by atoms with van der Waals surface area (Å²) in [4.78, 5) is 17.8. The van der Waals surface area contributed by atoms with Crippen LogP contribution in [0.1, 0.15) is 24.5 Å². The van der Waals surface area contributed by atoms with Gasteiger partial charge in [0.1, 0.15) is 0 Å². The number of fused-ring (bicyclic) bond motifs is 4. The van der Waals surface area contributed by atoms with Crippen molar-refractivity contribution in [2.24, 2.45) is 11.8 Å². The molecule has 7 nitrogen and oxygen atoms in total. The second kappa shape index (κ2) is 6.90. The number of pyridine rings is 1. The van der Waals surface area contributed by atoms with Crippen LogP contribution < -0.4 is 4.74 Å². The topological polar surface area (TPSA) is 88.7 Å². The zero-order valence-corrected chi connectivity index (χ0v) is 15.2. The van der Waals surface area contributed by atoms with Gasteiger partial charge in [-0.3, -0.25) is 20.0 Å². The Kier molecular flexibility index (Phi) is 4.57. The summed E-state index contributed by atoms with van der Waals surface area (Å²) in [5, 5.41) is 23.3. The third kappa shape index (κ3) is 2.87. The largest absolute Gasteiger partial charge is 0.490 e. The van der Waals surface area contributed by atoms with E-state index in [4.69, 9.17) is 4.74 Å². The van der Waals surface area contributed by atoms with E-state index in [9.17, 15) is 15.2 Å². The van der Waals surface area contributed by atoms with Gasteiger partial charge in [0.15, 0.2) is 5.75 Å². The molecule has 0 saturated carbocycles. The number of aromatic nitrogens is 1. The summed E-state index contributed by atoms with van der Waals surface area (Å²) in [5.41, 5.74) is 0.884. The fourth-order valence-electron chi connectivity index (χ4n) is 4.74. The molecule has 2 aromatic rings. The Morgan fingerprint density at radius 3 is 2.93 bits per heavy atom. The number of aliphatic hydroxyl groups excluding tert-OH is 1. The van der Waals surface area contributed by atoms with E-state index < -0.39 is 11.0 Å². The van der Waals surface area contributed by atoms with Gasteiger partial charge in [0.2, 0.25) is 0 Å². The number of ether oxygens (including phenoxy) is 1. The summed E-state index contributed by atoms with van der Waals surface area (Å²) >= 11 is 0. The molecule has 3 aliphatic heterocycles. The lowest BCUT2D eigenvalue weighted by Gasteiger charge is -2.50. The van der Waals surface area contributed by atoms with Crippen molar-refractivity contribution < 1.29 is 14.8 Å². The molecule has 3 fully saturated rings. The SMILES string of the molecule is C=C[C@@H]1CN2CC[C@H]1C[C@@H]2[C@H](O)c1ccnc2ccc(OC)c([N+](=O)[O-])c12. The van der Waals surface area contributed by atoms with Crippen LogP contribution in [-0.2, 0) is 0 Å². The first-order valence-corrected chi connectivity index (χ1v) is 9.19. The van der Waals surface area contributed by atoms with Crippen LogP contribution in [0.4, 0.5) is 5.69 Å². The fraction of sp³-hybridized carbons (Fsp3) is 0.450. The lowest BCUT2D eigenvalue weighted by molar-refractivity contribution is -0.384. The van der Waals surface area contributed by atoms with Crippen molar-refractivity contribution in [2.45, 2.75) is 25.0 Å². The number of nitrogens with zero attached hydrogens (tertiary/aromatic N) is 3. The number of nitro benzene ring substituents is 1. The highest BCUT2D eigenvalue weighted by molar-refractivity contribution is 5.94. The normalized spacial score (nSPS) is 28.1. The standard InChI is InChI=1S/C20H23N3O4/c1-3-12-11-22-9-7-13(12)10-16(22)20(24)14-6-8-21-15-4-5-17(27-2)19(18(14)15)23(25)26/h3-6,8,12-13,16,20,24H,1,7,9-11H2,2H3/t12-,13+,16-,20-/m1/s1. The van der Waals surface area contributed by atoms with Crippen molar-refractivity contribution in [3.63, 3.8) is 0 Å². The fourth-order valence-corrected chi connectivity index (χ4v) is 4.74. The average molecular weight is 369 g/mol. The molecule has 3 aliphatic rings. The minimum absolute atomic E-state index is 0.0589. The summed E-state index contributed by atoms with van der Waals surface area (Å²) in [7, 11) is 1.40. The summed E-state index contributed by atoms with van der Waals surface area (Å²) < 4.78 is 5.20. The van der Waals surface area contributed by atoms with Crippen molar-refractivity contribution in [2.75, 3.05) is 20.2 Å². The third-order valence-electron chi connectivity index (χ3n) is 6.11. The minimum Gasteiger partial charge on any atom is -0.490 e.